The summed E-state index contributed by atoms with van der Waals surface area (Å²) in [6.45, 7) is -1.07. The lowest BCUT2D eigenvalue weighted by molar-refractivity contribution is -0.115. The molecular formula is C13H12F6N2O2S. The number of thioether (sulfide) groups is 1. The van der Waals surface area contributed by atoms with Crippen LogP contribution >= 0.6 is 11.8 Å². The maximum absolute atomic E-state index is 13.5. The molecule has 3 unspecified atom stereocenters. The average molecular weight is 374 g/mol. The number of halogens is 6. The third-order valence-electron chi connectivity index (χ3n) is 3.30. The normalized spacial score (nSPS) is 23.9. The van der Waals surface area contributed by atoms with E-state index >= 15 is 0 Å². The van der Waals surface area contributed by atoms with Crippen LogP contribution in [0.3, 0.4) is 0 Å². The lowest BCUT2D eigenvalue weighted by Gasteiger charge is -2.13. The number of hydrogen-bond acceptors (Lipinski definition) is 3. The van der Waals surface area contributed by atoms with Crippen LogP contribution in [0.4, 0.5) is 32.0 Å². The summed E-state index contributed by atoms with van der Waals surface area (Å²) in [7, 11) is 0. The molecule has 3 atom stereocenters. The highest BCUT2D eigenvalue weighted by molar-refractivity contribution is 8.01. The molecule has 1 saturated heterocycles. The van der Waals surface area contributed by atoms with Gasteiger partial charge >= 0.3 is 0 Å². The monoisotopic (exact) mass is 374 g/mol. The van der Waals surface area contributed by atoms with Gasteiger partial charge in [0.25, 0.3) is 18.4 Å². The molecule has 1 N–H and O–H groups in total. The Morgan fingerprint density at radius 3 is 2.58 bits per heavy atom. The number of nitrogens with one attached hydrogen (secondary N) is 1. The van der Waals surface area contributed by atoms with Crippen LogP contribution in [0.5, 0.6) is 0 Å². The highest BCUT2D eigenvalue weighted by Gasteiger charge is 2.43. The summed E-state index contributed by atoms with van der Waals surface area (Å²) < 4.78 is 77.1. The molecule has 0 aliphatic carbocycles. The summed E-state index contributed by atoms with van der Waals surface area (Å²) in [6, 6.07) is 0.624. The van der Waals surface area contributed by atoms with Crippen LogP contribution in [-0.2, 0) is 11.3 Å². The number of nitrogens with zero attached hydrogens (tertiary/aromatic N) is 1. The molecule has 24 heavy (non-hydrogen) atoms. The van der Waals surface area contributed by atoms with Gasteiger partial charge < -0.3 is 9.88 Å². The van der Waals surface area contributed by atoms with Gasteiger partial charge in [0.05, 0.1) is 22.7 Å². The fourth-order valence-corrected chi connectivity index (χ4v) is 3.49. The summed E-state index contributed by atoms with van der Waals surface area (Å²) in [4.78, 5) is 23.3. The molecule has 1 aliphatic rings. The molecular weight excluding hydrogens is 362 g/mol. The fraction of sp³-hybridized carbons (Fsp3) is 0.538. The first kappa shape index (κ1) is 18.7. The van der Waals surface area contributed by atoms with E-state index in [1.807, 2.05) is 0 Å². The zero-order valence-corrected chi connectivity index (χ0v) is 12.7. The van der Waals surface area contributed by atoms with Gasteiger partial charge in [-0.2, -0.15) is 0 Å². The van der Waals surface area contributed by atoms with Crippen molar-refractivity contribution in [1.82, 2.24) is 4.57 Å². The molecule has 1 amide bonds. The van der Waals surface area contributed by atoms with E-state index in [4.69, 9.17) is 0 Å². The summed E-state index contributed by atoms with van der Waals surface area (Å²) in [6.07, 6.45) is -7.35. The number of anilines is 1. The Labute approximate surface area is 136 Å². The second kappa shape index (κ2) is 7.49. The average Bonchev–Trinajstić information content (AvgIpc) is 2.86. The summed E-state index contributed by atoms with van der Waals surface area (Å²) in [5.74, 6) is -2.23. The number of carbonyl (C=O) groups is 1. The van der Waals surface area contributed by atoms with Crippen molar-refractivity contribution in [3.05, 3.63) is 28.4 Å². The molecule has 0 spiro atoms. The number of alkyl halides is 5. The van der Waals surface area contributed by atoms with Crippen molar-refractivity contribution in [2.45, 2.75) is 42.5 Å². The number of pyridine rings is 1. The molecule has 11 heteroatoms. The predicted molar refractivity (Wildman–Crippen MR) is 76.0 cm³/mol. The molecule has 4 nitrogen and oxygen atoms in total. The van der Waals surface area contributed by atoms with Gasteiger partial charge in [0.15, 0.2) is 5.82 Å². The molecule has 134 valence electrons. The third-order valence-corrected chi connectivity index (χ3v) is 4.85. The molecule has 0 saturated carbocycles. The number of aromatic nitrogens is 1. The maximum atomic E-state index is 13.5. The van der Waals surface area contributed by atoms with Crippen molar-refractivity contribution in [2.24, 2.45) is 0 Å². The lowest BCUT2D eigenvalue weighted by atomic mass is 10.1. The van der Waals surface area contributed by atoms with E-state index < -0.39 is 59.8 Å². The highest BCUT2D eigenvalue weighted by atomic mass is 32.2. The maximum Gasteiger partial charge on any atom is 0.286 e. The van der Waals surface area contributed by atoms with Gasteiger partial charge in [-0.15, -0.1) is 11.8 Å². The second-order valence-corrected chi connectivity index (χ2v) is 6.48. The van der Waals surface area contributed by atoms with E-state index in [9.17, 15) is 35.9 Å². The topological polar surface area (TPSA) is 51.1 Å². The Hall–Kier alpha value is -1.65. The van der Waals surface area contributed by atoms with Crippen LogP contribution in [0, 0.1) is 5.82 Å². The first-order valence-corrected chi connectivity index (χ1v) is 7.70. The number of rotatable bonds is 5. The Kier molecular flexibility index (Phi) is 5.83. The smallest absolute Gasteiger partial charge is 0.286 e. The quantitative estimate of drug-likeness (QED) is 0.807. The van der Waals surface area contributed by atoms with Crippen molar-refractivity contribution in [3.63, 3.8) is 0 Å². The van der Waals surface area contributed by atoms with Gasteiger partial charge in [0.2, 0.25) is 5.91 Å². The summed E-state index contributed by atoms with van der Waals surface area (Å²) >= 11 is 0.457. The van der Waals surface area contributed by atoms with Crippen molar-refractivity contribution in [3.8, 4) is 0 Å². The molecule has 2 heterocycles. The SMILES string of the molecule is O=C(Nc1cc(F)c(=O)n(CC(F)F)c1)C1CC(F)C(C(F)F)S1. The Morgan fingerprint density at radius 1 is 1.38 bits per heavy atom. The van der Waals surface area contributed by atoms with Gasteiger partial charge in [0, 0.05) is 18.7 Å². The molecule has 1 aliphatic heterocycles. The van der Waals surface area contributed by atoms with Crippen LogP contribution in [0.25, 0.3) is 0 Å². The number of carbonyl (C=O) groups excluding carboxylic acids is 1. The van der Waals surface area contributed by atoms with Crippen molar-refractivity contribution >= 4 is 23.4 Å². The molecule has 0 aromatic carbocycles. The van der Waals surface area contributed by atoms with E-state index in [1.54, 1.807) is 0 Å². The van der Waals surface area contributed by atoms with E-state index in [-0.39, 0.29) is 5.69 Å². The van der Waals surface area contributed by atoms with E-state index in [0.29, 0.717) is 22.4 Å². The zero-order chi connectivity index (χ0) is 18.0. The Balaban J connectivity index is 2.12. The molecule has 1 fully saturated rings. The van der Waals surface area contributed by atoms with Gasteiger partial charge in [-0.1, -0.05) is 0 Å². The van der Waals surface area contributed by atoms with E-state index in [0.717, 1.165) is 6.20 Å². The largest absolute Gasteiger partial charge is 0.324 e. The van der Waals surface area contributed by atoms with Crippen molar-refractivity contribution in [2.75, 3.05) is 5.32 Å². The van der Waals surface area contributed by atoms with Crippen LogP contribution in [0.15, 0.2) is 17.1 Å². The molecule has 1 aromatic heterocycles. The highest BCUT2D eigenvalue weighted by Crippen LogP contribution is 2.39. The van der Waals surface area contributed by atoms with Gasteiger partial charge in [0.1, 0.15) is 6.17 Å². The van der Waals surface area contributed by atoms with E-state index in [2.05, 4.69) is 5.32 Å². The second-order valence-electron chi connectivity index (χ2n) is 5.09. The number of amides is 1. The van der Waals surface area contributed by atoms with Crippen LogP contribution < -0.4 is 10.9 Å². The minimum atomic E-state index is -2.94. The standard InChI is InChI=1S/C13H12F6N2O2S/c14-6-2-8(24-10(6)11(18)19)12(22)20-5-1-7(15)13(23)21(3-5)4-9(16)17/h1,3,6,8-11H,2,4H2,(H,20,22). The fourth-order valence-electron chi connectivity index (χ4n) is 2.23. The minimum Gasteiger partial charge on any atom is -0.324 e. The van der Waals surface area contributed by atoms with Crippen LogP contribution in [0.1, 0.15) is 6.42 Å². The molecule has 0 radical (unpaired) electrons. The number of hydrogen-bond donors (Lipinski definition) is 1. The van der Waals surface area contributed by atoms with Gasteiger partial charge in [-0.25, -0.2) is 26.3 Å². The molecule has 1 aromatic rings. The zero-order valence-electron chi connectivity index (χ0n) is 11.9. The van der Waals surface area contributed by atoms with Crippen LogP contribution in [0.2, 0.25) is 0 Å². The van der Waals surface area contributed by atoms with Crippen molar-refractivity contribution in [1.29, 1.82) is 0 Å². The van der Waals surface area contributed by atoms with Gasteiger partial charge in [-0.05, 0) is 0 Å². The predicted octanol–water partition coefficient (Wildman–Crippen LogP) is 2.67. The molecule has 2 rings (SSSR count). The Bertz CT molecular complexity index is 668. The van der Waals surface area contributed by atoms with Crippen LogP contribution in [-0.4, -0.2) is 40.0 Å². The van der Waals surface area contributed by atoms with Crippen molar-refractivity contribution < 1.29 is 31.1 Å². The lowest BCUT2D eigenvalue weighted by Crippen LogP contribution is -2.28. The summed E-state index contributed by atoms with van der Waals surface area (Å²) in [5.41, 5.74) is -1.58. The summed E-state index contributed by atoms with van der Waals surface area (Å²) in [5, 5.41) is -0.632. The minimum absolute atomic E-state index is 0.297. The van der Waals surface area contributed by atoms with Gasteiger partial charge in [-0.3, -0.25) is 9.59 Å². The third kappa shape index (κ3) is 4.25. The van der Waals surface area contributed by atoms with E-state index in [1.165, 1.54) is 0 Å². The first-order valence-electron chi connectivity index (χ1n) is 6.75. The Morgan fingerprint density at radius 2 is 2.04 bits per heavy atom. The first-order chi connectivity index (χ1) is 11.2. The molecule has 0 bridgehead atoms.